The molecule has 0 aliphatic carbocycles. The Morgan fingerprint density at radius 2 is 2.33 bits per heavy atom. The van der Waals surface area contributed by atoms with Gasteiger partial charge in [-0.15, -0.1) is 0 Å². The van der Waals surface area contributed by atoms with Crippen LogP contribution >= 0.6 is 0 Å². The van der Waals surface area contributed by atoms with Crippen LogP contribution in [0.15, 0.2) is 24.8 Å². The van der Waals surface area contributed by atoms with Crippen LogP contribution in [-0.4, -0.2) is 13.2 Å². The van der Waals surface area contributed by atoms with Crippen molar-refractivity contribution in [2.24, 2.45) is 0 Å². The fraction of sp³-hybridized carbons (Fsp3) is 0.385. The number of hydrogen-bond donors (Lipinski definition) is 0. The summed E-state index contributed by atoms with van der Waals surface area (Å²) in [6, 6.07) is 4.17. The SMILES string of the molecule is C=C[C@H]1CCc2cc(C)cc(OC)c2O1. The summed E-state index contributed by atoms with van der Waals surface area (Å²) in [6.45, 7) is 5.84. The van der Waals surface area contributed by atoms with Crippen molar-refractivity contribution < 1.29 is 9.47 Å². The molecule has 0 fully saturated rings. The molecule has 0 unspecified atom stereocenters. The van der Waals surface area contributed by atoms with E-state index in [9.17, 15) is 0 Å². The Balaban J connectivity index is 2.43. The fourth-order valence-electron chi connectivity index (χ4n) is 1.96. The van der Waals surface area contributed by atoms with Gasteiger partial charge < -0.3 is 9.47 Å². The molecule has 1 atom stereocenters. The summed E-state index contributed by atoms with van der Waals surface area (Å²) in [5.41, 5.74) is 2.45. The molecular formula is C13H16O2. The van der Waals surface area contributed by atoms with E-state index in [1.54, 1.807) is 7.11 Å². The van der Waals surface area contributed by atoms with Crippen molar-refractivity contribution in [1.29, 1.82) is 0 Å². The van der Waals surface area contributed by atoms with Gasteiger partial charge in [-0.05, 0) is 37.0 Å². The molecule has 2 heteroatoms. The lowest BCUT2D eigenvalue weighted by Gasteiger charge is -2.25. The number of methoxy groups -OCH3 is 1. The average Bonchev–Trinajstić information content (AvgIpc) is 2.27. The molecule has 0 spiro atoms. The third-order valence-electron chi connectivity index (χ3n) is 2.73. The second-order valence-corrected chi connectivity index (χ2v) is 3.89. The summed E-state index contributed by atoms with van der Waals surface area (Å²) in [5, 5.41) is 0. The zero-order chi connectivity index (χ0) is 10.8. The maximum atomic E-state index is 5.82. The molecule has 2 nitrogen and oxygen atoms in total. The van der Waals surface area contributed by atoms with Gasteiger partial charge >= 0.3 is 0 Å². The van der Waals surface area contributed by atoms with Gasteiger partial charge in [-0.25, -0.2) is 0 Å². The third-order valence-corrected chi connectivity index (χ3v) is 2.73. The van der Waals surface area contributed by atoms with E-state index in [0.717, 1.165) is 24.3 Å². The molecule has 15 heavy (non-hydrogen) atoms. The van der Waals surface area contributed by atoms with Crippen LogP contribution in [0.5, 0.6) is 11.5 Å². The van der Waals surface area contributed by atoms with Crippen molar-refractivity contribution in [2.45, 2.75) is 25.9 Å². The second-order valence-electron chi connectivity index (χ2n) is 3.89. The van der Waals surface area contributed by atoms with E-state index in [1.807, 2.05) is 12.1 Å². The van der Waals surface area contributed by atoms with E-state index in [0.29, 0.717) is 0 Å². The first-order valence-corrected chi connectivity index (χ1v) is 5.21. The topological polar surface area (TPSA) is 18.5 Å². The number of hydrogen-bond acceptors (Lipinski definition) is 2. The van der Waals surface area contributed by atoms with Crippen molar-refractivity contribution in [3.63, 3.8) is 0 Å². The summed E-state index contributed by atoms with van der Waals surface area (Å²) in [7, 11) is 1.68. The highest BCUT2D eigenvalue weighted by atomic mass is 16.5. The Bertz CT molecular complexity index is 365. The second kappa shape index (κ2) is 3.97. The number of benzene rings is 1. The van der Waals surface area contributed by atoms with Gasteiger partial charge in [-0.1, -0.05) is 18.7 Å². The van der Waals surface area contributed by atoms with Crippen LogP contribution in [0.2, 0.25) is 0 Å². The Morgan fingerprint density at radius 1 is 1.53 bits per heavy atom. The molecule has 1 aromatic carbocycles. The van der Waals surface area contributed by atoms with Crippen molar-refractivity contribution >= 4 is 0 Å². The van der Waals surface area contributed by atoms with Crippen LogP contribution in [0.3, 0.4) is 0 Å². The minimum Gasteiger partial charge on any atom is -0.493 e. The van der Waals surface area contributed by atoms with E-state index in [-0.39, 0.29) is 6.10 Å². The lowest BCUT2D eigenvalue weighted by atomic mass is 9.99. The predicted molar refractivity (Wildman–Crippen MR) is 60.7 cm³/mol. The van der Waals surface area contributed by atoms with Crippen LogP contribution in [0.4, 0.5) is 0 Å². The van der Waals surface area contributed by atoms with E-state index >= 15 is 0 Å². The van der Waals surface area contributed by atoms with Gasteiger partial charge in [0.15, 0.2) is 11.5 Å². The van der Waals surface area contributed by atoms with Crippen LogP contribution in [0.1, 0.15) is 17.5 Å². The normalized spacial score (nSPS) is 18.9. The predicted octanol–water partition coefficient (Wildman–Crippen LogP) is 2.88. The highest BCUT2D eigenvalue weighted by Crippen LogP contribution is 2.37. The van der Waals surface area contributed by atoms with Gasteiger partial charge in [0.05, 0.1) is 7.11 Å². The van der Waals surface area contributed by atoms with Gasteiger partial charge in [0.25, 0.3) is 0 Å². The molecule has 0 saturated carbocycles. The van der Waals surface area contributed by atoms with Crippen molar-refractivity contribution in [3.05, 3.63) is 35.9 Å². The molecule has 80 valence electrons. The van der Waals surface area contributed by atoms with Gasteiger partial charge in [0, 0.05) is 0 Å². The number of ether oxygens (including phenoxy) is 2. The number of rotatable bonds is 2. The van der Waals surface area contributed by atoms with E-state index < -0.39 is 0 Å². The lowest BCUT2D eigenvalue weighted by molar-refractivity contribution is 0.208. The smallest absolute Gasteiger partial charge is 0.165 e. The van der Waals surface area contributed by atoms with Crippen molar-refractivity contribution in [3.8, 4) is 11.5 Å². The third kappa shape index (κ3) is 1.84. The van der Waals surface area contributed by atoms with Crippen LogP contribution in [0.25, 0.3) is 0 Å². The number of aryl methyl sites for hydroxylation is 2. The molecule has 2 rings (SSSR count). The molecule has 0 aromatic heterocycles. The zero-order valence-corrected chi connectivity index (χ0v) is 9.25. The molecule has 1 heterocycles. The Morgan fingerprint density at radius 3 is 3.00 bits per heavy atom. The minimum absolute atomic E-state index is 0.120. The van der Waals surface area contributed by atoms with Crippen LogP contribution in [-0.2, 0) is 6.42 Å². The molecule has 0 N–H and O–H groups in total. The maximum absolute atomic E-state index is 5.82. The standard InChI is InChI=1S/C13H16O2/c1-4-11-6-5-10-7-9(2)8-12(14-3)13(10)15-11/h4,7-8,11H,1,5-6H2,2-3H3/t11-/m0/s1. The van der Waals surface area contributed by atoms with E-state index in [2.05, 4.69) is 19.6 Å². The first-order valence-electron chi connectivity index (χ1n) is 5.21. The molecule has 0 saturated heterocycles. The van der Waals surface area contributed by atoms with Crippen molar-refractivity contribution in [2.75, 3.05) is 7.11 Å². The van der Waals surface area contributed by atoms with E-state index in [4.69, 9.17) is 9.47 Å². The van der Waals surface area contributed by atoms with Crippen LogP contribution in [0, 0.1) is 6.92 Å². The van der Waals surface area contributed by atoms with Crippen molar-refractivity contribution in [1.82, 2.24) is 0 Å². The molecule has 0 radical (unpaired) electrons. The Labute approximate surface area is 90.5 Å². The molecular weight excluding hydrogens is 188 g/mol. The first kappa shape index (κ1) is 10.1. The molecule has 1 aliphatic rings. The summed E-state index contributed by atoms with van der Waals surface area (Å²) >= 11 is 0. The maximum Gasteiger partial charge on any atom is 0.165 e. The summed E-state index contributed by atoms with van der Waals surface area (Å²) in [6.07, 6.45) is 4.00. The van der Waals surface area contributed by atoms with Crippen LogP contribution < -0.4 is 9.47 Å². The lowest BCUT2D eigenvalue weighted by Crippen LogP contribution is -2.20. The fourth-order valence-corrected chi connectivity index (χ4v) is 1.96. The Kier molecular flexibility index (Phi) is 2.67. The first-order chi connectivity index (χ1) is 7.24. The van der Waals surface area contributed by atoms with Gasteiger partial charge in [-0.3, -0.25) is 0 Å². The molecule has 1 aliphatic heterocycles. The summed E-state index contributed by atoms with van der Waals surface area (Å²) < 4.78 is 11.1. The Hall–Kier alpha value is -1.44. The van der Waals surface area contributed by atoms with Gasteiger partial charge in [0.1, 0.15) is 6.10 Å². The average molecular weight is 204 g/mol. The monoisotopic (exact) mass is 204 g/mol. The summed E-state index contributed by atoms with van der Waals surface area (Å²) in [4.78, 5) is 0. The molecule has 0 bridgehead atoms. The zero-order valence-electron chi connectivity index (χ0n) is 9.25. The quantitative estimate of drug-likeness (QED) is 0.690. The van der Waals surface area contributed by atoms with Gasteiger partial charge in [0.2, 0.25) is 0 Å². The van der Waals surface area contributed by atoms with E-state index in [1.165, 1.54) is 11.1 Å². The summed E-state index contributed by atoms with van der Waals surface area (Å²) in [5.74, 6) is 1.72. The highest BCUT2D eigenvalue weighted by molar-refractivity contribution is 5.50. The highest BCUT2D eigenvalue weighted by Gasteiger charge is 2.21. The molecule has 1 aromatic rings. The number of fused-ring (bicyclic) bond motifs is 1. The van der Waals surface area contributed by atoms with Gasteiger partial charge in [-0.2, -0.15) is 0 Å². The minimum atomic E-state index is 0.120. The largest absolute Gasteiger partial charge is 0.493 e. The molecule has 0 amide bonds.